The Hall–Kier alpha value is -1.04. The normalized spacial score (nSPS) is 10.6. The maximum absolute atomic E-state index is 4.10. The number of rotatable bonds is 4. The van der Waals surface area contributed by atoms with Crippen LogP contribution in [0.2, 0.25) is 0 Å². The molecule has 0 aliphatic heterocycles. The van der Waals surface area contributed by atoms with Gasteiger partial charge in [0.25, 0.3) is 0 Å². The molecule has 0 aliphatic rings. The molecule has 1 aromatic rings. The van der Waals surface area contributed by atoms with Crippen LogP contribution in [0.5, 0.6) is 0 Å². The molecule has 0 atom stereocenters. The molecule has 0 N–H and O–H groups in total. The lowest BCUT2D eigenvalue weighted by Crippen LogP contribution is -1.96. The molecule has 0 fully saturated rings. The lowest BCUT2D eigenvalue weighted by atomic mass is 9.96. The van der Waals surface area contributed by atoms with Gasteiger partial charge in [-0.1, -0.05) is 50.3 Å². The Morgan fingerprint density at radius 1 is 1.29 bits per heavy atom. The Labute approximate surface area is 87.7 Å². The molecule has 1 aromatic carbocycles. The highest BCUT2D eigenvalue weighted by molar-refractivity contribution is 5.26. The lowest BCUT2D eigenvalue weighted by Gasteiger charge is -2.10. The third-order valence-corrected chi connectivity index (χ3v) is 2.79. The van der Waals surface area contributed by atoms with Gasteiger partial charge in [0.1, 0.15) is 0 Å². The zero-order valence-corrected chi connectivity index (χ0v) is 9.51. The summed E-state index contributed by atoms with van der Waals surface area (Å²) in [5.74, 6) is 0.610. The van der Waals surface area contributed by atoms with Gasteiger partial charge in [0.05, 0.1) is 0 Å². The van der Waals surface area contributed by atoms with Crippen LogP contribution in [0.3, 0.4) is 0 Å². The minimum atomic E-state index is 0.610. The first-order chi connectivity index (χ1) is 6.61. The predicted molar refractivity (Wildman–Crippen MR) is 63.5 cm³/mol. The van der Waals surface area contributed by atoms with Crippen molar-refractivity contribution in [1.82, 2.24) is 0 Å². The van der Waals surface area contributed by atoms with Crippen LogP contribution in [0, 0.1) is 12.8 Å². The van der Waals surface area contributed by atoms with Crippen molar-refractivity contribution in [2.24, 2.45) is 5.92 Å². The summed E-state index contributed by atoms with van der Waals surface area (Å²) in [6.07, 6.45) is 2.24. The fourth-order valence-corrected chi connectivity index (χ4v) is 1.47. The Balaban J connectivity index is 2.54. The van der Waals surface area contributed by atoms with Crippen LogP contribution in [-0.4, -0.2) is 0 Å². The van der Waals surface area contributed by atoms with Gasteiger partial charge in [0.15, 0.2) is 0 Å². The number of hydrogen-bond donors (Lipinski definition) is 0. The van der Waals surface area contributed by atoms with E-state index in [4.69, 9.17) is 0 Å². The molecular weight excluding hydrogens is 168 g/mol. The Morgan fingerprint density at radius 2 is 1.93 bits per heavy atom. The van der Waals surface area contributed by atoms with Crippen LogP contribution in [0.4, 0.5) is 0 Å². The van der Waals surface area contributed by atoms with Crippen molar-refractivity contribution >= 4 is 0 Å². The molecule has 0 saturated carbocycles. The summed E-state index contributed by atoms with van der Waals surface area (Å²) in [6.45, 7) is 10.7. The van der Waals surface area contributed by atoms with Gasteiger partial charge in [0.2, 0.25) is 0 Å². The summed E-state index contributed by atoms with van der Waals surface area (Å²) >= 11 is 0. The summed E-state index contributed by atoms with van der Waals surface area (Å²) in [6, 6.07) is 8.59. The number of benzene rings is 1. The van der Waals surface area contributed by atoms with Crippen molar-refractivity contribution in [1.29, 1.82) is 0 Å². The van der Waals surface area contributed by atoms with E-state index in [1.54, 1.807) is 0 Å². The highest BCUT2D eigenvalue weighted by Gasteiger charge is 2.02. The Morgan fingerprint density at radius 3 is 2.50 bits per heavy atom. The first-order valence-electron chi connectivity index (χ1n) is 5.33. The quantitative estimate of drug-likeness (QED) is 0.623. The second-order valence-corrected chi connectivity index (χ2v) is 4.24. The zero-order chi connectivity index (χ0) is 10.6. The summed E-state index contributed by atoms with van der Waals surface area (Å²) in [5, 5.41) is 0. The van der Waals surface area contributed by atoms with E-state index in [0.717, 1.165) is 12.8 Å². The fraction of sp³-hybridized carbons (Fsp3) is 0.429. The summed E-state index contributed by atoms with van der Waals surface area (Å²) in [4.78, 5) is 0. The standard InChI is InChI=1S/C14H20/c1-11(2)12(3)9-10-14-8-6-5-7-13(14)4/h5-8,11H,3,9-10H2,1-2,4H3. The Bertz CT molecular complexity index is 308. The molecule has 0 aliphatic carbocycles. The number of allylic oxidation sites excluding steroid dienone is 1. The second-order valence-electron chi connectivity index (χ2n) is 4.24. The summed E-state index contributed by atoms with van der Waals surface area (Å²) < 4.78 is 0. The van der Waals surface area contributed by atoms with Gasteiger partial charge in [-0.15, -0.1) is 0 Å². The van der Waals surface area contributed by atoms with Crippen LogP contribution >= 0.6 is 0 Å². The van der Waals surface area contributed by atoms with Gasteiger partial charge in [-0.2, -0.15) is 0 Å². The lowest BCUT2D eigenvalue weighted by molar-refractivity contribution is 0.713. The second kappa shape index (κ2) is 4.99. The molecule has 14 heavy (non-hydrogen) atoms. The van der Waals surface area contributed by atoms with Crippen LogP contribution in [0.15, 0.2) is 36.4 Å². The smallest absolute Gasteiger partial charge is 0.0239 e. The van der Waals surface area contributed by atoms with Crippen molar-refractivity contribution < 1.29 is 0 Å². The van der Waals surface area contributed by atoms with Crippen molar-refractivity contribution in [3.05, 3.63) is 47.5 Å². The molecule has 0 heteroatoms. The maximum atomic E-state index is 4.10. The number of aryl methyl sites for hydroxylation is 2. The molecule has 0 spiro atoms. The molecular formula is C14H20. The van der Waals surface area contributed by atoms with Crippen molar-refractivity contribution in [2.75, 3.05) is 0 Å². The van der Waals surface area contributed by atoms with Gasteiger partial charge in [-0.25, -0.2) is 0 Å². The van der Waals surface area contributed by atoms with Gasteiger partial charge < -0.3 is 0 Å². The topological polar surface area (TPSA) is 0 Å². The highest BCUT2D eigenvalue weighted by Crippen LogP contribution is 2.16. The molecule has 0 bridgehead atoms. The molecule has 0 heterocycles. The van der Waals surface area contributed by atoms with E-state index in [1.165, 1.54) is 16.7 Å². The highest BCUT2D eigenvalue weighted by atomic mass is 14.1. The maximum Gasteiger partial charge on any atom is -0.0239 e. The van der Waals surface area contributed by atoms with E-state index in [-0.39, 0.29) is 0 Å². The van der Waals surface area contributed by atoms with Crippen LogP contribution in [0.1, 0.15) is 31.4 Å². The van der Waals surface area contributed by atoms with Crippen LogP contribution in [-0.2, 0) is 6.42 Å². The molecule has 1 rings (SSSR count). The summed E-state index contributed by atoms with van der Waals surface area (Å²) in [7, 11) is 0. The average Bonchev–Trinajstić information content (AvgIpc) is 2.16. The first-order valence-corrected chi connectivity index (χ1v) is 5.33. The van der Waals surface area contributed by atoms with Crippen LogP contribution < -0.4 is 0 Å². The Kier molecular flexibility index (Phi) is 3.94. The third-order valence-electron chi connectivity index (χ3n) is 2.79. The molecule has 0 nitrogen and oxygen atoms in total. The summed E-state index contributed by atoms with van der Waals surface area (Å²) in [5.41, 5.74) is 4.20. The SMILES string of the molecule is C=C(CCc1ccccc1C)C(C)C. The molecule has 0 amide bonds. The van der Waals surface area contributed by atoms with E-state index in [0.29, 0.717) is 5.92 Å². The van der Waals surface area contributed by atoms with E-state index in [1.807, 2.05) is 0 Å². The van der Waals surface area contributed by atoms with Gasteiger partial charge in [-0.05, 0) is 36.8 Å². The predicted octanol–water partition coefficient (Wildman–Crippen LogP) is 4.14. The molecule has 0 unspecified atom stereocenters. The molecule has 0 aromatic heterocycles. The van der Waals surface area contributed by atoms with E-state index < -0.39 is 0 Å². The minimum absolute atomic E-state index is 0.610. The average molecular weight is 188 g/mol. The molecule has 0 saturated heterocycles. The van der Waals surface area contributed by atoms with E-state index in [2.05, 4.69) is 51.6 Å². The van der Waals surface area contributed by atoms with E-state index >= 15 is 0 Å². The van der Waals surface area contributed by atoms with Gasteiger partial charge in [-0.3, -0.25) is 0 Å². The number of hydrogen-bond acceptors (Lipinski definition) is 0. The van der Waals surface area contributed by atoms with Gasteiger partial charge in [0, 0.05) is 0 Å². The van der Waals surface area contributed by atoms with E-state index in [9.17, 15) is 0 Å². The third kappa shape index (κ3) is 3.02. The van der Waals surface area contributed by atoms with Crippen molar-refractivity contribution in [2.45, 2.75) is 33.6 Å². The fourth-order valence-electron chi connectivity index (χ4n) is 1.47. The largest absolute Gasteiger partial charge is 0.0996 e. The first kappa shape index (κ1) is 11.0. The monoisotopic (exact) mass is 188 g/mol. The van der Waals surface area contributed by atoms with Crippen molar-refractivity contribution in [3.63, 3.8) is 0 Å². The zero-order valence-electron chi connectivity index (χ0n) is 9.51. The molecule has 0 radical (unpaired) electrons. The minimum Gasteiger partial charge on any atom is -0.0996 e. The molecule has 76 valence electrons. The van der Waals surface area contributed by atoms with Crippen molar-refractivity contribution in [3.8, 4) is 0 Å². The van der Waals surface area contributed by atoms with Gasteiger partial charge >= 0.3 is 0 Å². The van der Waals surface area contributed by atoms with Crippen LogP contribution in [0.25, 0.3) is 0 Å².